The molecule has 2 rings (SSSR count). The number of nitrogens with zero attached hydrogens (tertiary/aromatic N) is 1. The smallest absolute Gasteiger partial charge is 0.385 e. The minimum Gasteiger partial charge on any atom is -0.385 e. The van der Waals surface area contributed by atoms with Crippen LogP contribution >= 0.6 is 0 Å². The van der Waals surface area contributed by atoms with Crippen molar-refractivity contribution in [3.05, 3.63) is 29.6 Å². The van der Waals surface area contributed by atoms with Gasteiger partial charge in [-0.15, -0.1) is 0 Å². The Morgan fingerprint density at radius 1 is 1.28 bits per heavy atom. The van der Waals surface area contributed by atoms with Crippen molar-refractivity contribution in [2.75, 3.05) is 0 Å². The number of aromatic nitrogens is 1. The summed E-state index contributed by atoms with van der Waals surface area (Å²) in [6.07, 6.45) is -2.35. The molecule has 0 amide bonds. The summed E-state index contributed by atoms with van der Waals surface area (Å²) in [6, 6.07) is 3.51. The first-order chi connectivity index (χ1) is 8.31. The SMILES string of the molecule is Cc1ccc(C2(O)CCC(C(F)(F)F)CC2)cn1. The van der Waals surface area contributed by atoms with Crippen molar-refractivity contribution in [1.82, 2.24) is 4.98 Å². The Balaban J connectivity index is 2.10. The molecule has 1 N–H and O–H groups in total. The molecule has 0 saturated heterocycles. The van der Waals surface area contributed by atoms with E-state index >= 15 is 0 Å². The third kappa shape index (κ3) is 2.66. The lowest BCUT2D eigenvalue weighted by molar-refractivity contribution is -0.193. The van der Waals surface area contributed by atoms with E-state index in [2.05, 4.69) is 4.98 Å². The van der Waals surface area contributed by atoms with Gasteiger partial charge in [0.2, 0.25) is 0 Å². The highest BCUT2D eigenvalue weighted by Gasteiger charge is 2.45. The fourth-order valence-electron chi connectivity index (χ4n) is 2.45. The van der Waals surface area contributed by atoms with Crippen molar-refractivity contribution in [3.8, 4) is 0 Å². The van der Waals surface area contributed by atoms with Gasteiger partial charge in [-0.25, -0.2) is 0 Å². The van der Waals surface area contributed by atoms with Gasteiger partial charge in [-0.2, -0.15) is 13.2 Å². The topological polar surface area (TPSA) is 33.1 Å². The first-order valence-electron chi connectivity index (χ1n) is 6.03. The van der Waals surface area contributed by atoms with E-state index in [1.807, 2.05) is 6.92 Å². The minimum atomic E-state index is -4.15. The summed E-state index contributed by atoms with van der Waals surface area (Å²) in [4.78, 5) is 4.09. The Labute approximate surface area is 104 Å². The van der Waals surface area contributed by atoms with Crippen LogP contribution in [-0.2, 0) is 5.60 Å². The van der Waals surface area contributed by atoms with Gasteiger partial charge in [0, 0.05) is 17.5 Å². The highest BCUT2D eigenvalue weighted by atomic mass is 19.4. The molecule has 0 spiro atoms. The van der Waals surface area contributed by atoms with Crippen LogP contribution < -0.4 is 0 Å². The van der Waals surface area contributed by atoms with Crippen LogP contribution in [-0.4, -0.2) is 16.3 Å². The Morgan fingerprint density at radius 2 is 1.89 bits per heavy atom. The zero-order chi connectivity index (χ0) is 13.4. The van der Waals surface area contributed by atoms with Crippen LogP contribution in [0.25, 0.3) is 0 Å². The van der Waals surface area contributed by atoms with Crippen molar-refractivity contribution in [3.63, 3.8) is 0 Å². The maximum Gasteiger partial charge on any atom is 0.391 e. The standard InChI is InChI=1S/C13H16F3NO/c1-9-2-3-11(8-17-9)12(18)6-4-10(5-7-12)13(14,15)16/h2-3,8,10,18H,4-7H2,1H3. The van der Waals surface area contributed by atoms with Crippen LogP contribution in [0.15, 0.2) is 18.3 Å². The number of pyridine rings is 1. The van der Waals surface area contributed by atoms with E-state index in [1.54, 1.807) is 18.3 Å². The number of rotatable bonds is 1. The van der Waals surface area contributed by atoms with Crippen LogP contribution in [0.4, 0.5) is 13.2 Å². The average Bonchev–Trinajstić information content (AvgIpc) is 2.29. The van der Waals surface area contributed by atoms with Crippen LogP contribution in [0.1, 0.15) is 36.9 Å². The molecular weight excluding hydrogens is 243 g/mol. The average molecular weight is 259 g/mol. The molecule has 2 nitrogen and oxygen atoms in total. The summed E-state index contributed by atoms with van der Waals surface area (Å²) >= 11 is 0. The minimum absolute atomic E-state index is 0.0200. The predicted molar refractivity (Wildman–Crippen MR) is 60.9 cm³/mol. The van der Waals surface area contributed by atoms with E-state index in [0.29, 0.717) is 5.56 Å². The second kappa shape index (κ2) is 4.53. The van der Waals surface area contributed by atoms with E-state index in [1.165, 1.54) is 0 Å². The molecule has 0 aromatic carbocycles. The molecule has 1 aromatic rings. The van der Waals surface area contributed by atoms with Crippen LogP contribution in [0.5, 0.6) is 0 Å². The van der Waals surface area contributed by atoms with Gasteiger partial charge in [-0.3, -0.25) is 4.98 Å². The molecule has 0 aliphatic heterocycles. The van der Waals surface area contributed by atoms with Crippen LogP contribution in [0, 0.1) is 12.8 Å². The van der Waals surface area contributed by atoms with Crippen molar-refractivity contribution in [2.24, 2.45) is 5.92 Å². The summed E-state index contributed by atoms with van der Waals surface area (Å²) in [5.41, 5.74) is 0.294. The number of hydrogen-bond donors (Lipinski definition) is 1. The van der Waals surface area contributed by atoms with Gasteiger partial charge in [0.25, 0.3) is 0 Å². The molecule has 1 heterocycles. The lowest BCUT2D eigenvalue weighted by Crippen LogP contribution is -2.36. The third-order valence-electron chi connectivity index (χ3n) is 3.72. The monoisotopic (exact) mass is 259 g/mol. The molecule has 1 saturated carbocycles. The largest absolute Gasteiger partial charge is 0.391 e. The fraction of sp³-hybridized carbons (Fsp3) is 0.615. The van der Waals surface area contributed by atoms with Crippen LogP contribution in [0.2, 0.25) is 0 Å². The molecule has 1 aliphatic carbocycles. The molecule has 0 bridgehead atoms. The number of halogens is 3. The maximum atomic E-state index is 12.6. The van der Waals surface area contributed by atoms with Gasteiger partial charge in [0.15, 0.2) is 0 Å². The lowest BCUT2D eigenvalue weighted by atomic mass is 9.75. The normalized spacial score (nSPS) is 29.3. The number of aryl methyl sites for hydroxylation is 1. The zero-order valence-electron chi connectivity index (χ0n) is 10.2. The summed E-state index contributed by atoms with van der Waals surface area (Å²) in [7, 11) is 0. The second-order valence-electron chi connectivity index (χ2n) is 5.04. The Kier molecular flexibility index (Phi) is 3.36. The van der Waals surface area contributed by atoms with Gasteiger partial charge in [-0.05, 0) is 38.7 Å². The van der Waals surface area contributed by atoms with Gasteiger partial charge in [0.05, 0.1) is 11.5 Å². The number of alkyl halides is 3. The summed E-state index contributed by atoms with van der Waals surface area (Å²) in [5.74, 6) is -1.28. The van der Waals surface area contributed by atoms with Gasteiger partial charge in [0.1, 0.15) is 0 Å². The van der Waals surface area contributed by atoms with Crippen molar-refractivity contribution in [2.45, 2.75) is 44.4 Å². The summed E-state index contributed by atoms with van der Waals surface area (Å²) in [5, 5.41) is 10.4. The molecule has 100 valence electrons. The van der Waals surface area contributed by atoms with E-state index in [4.69, 9.17) is 0 Å². The van der Waals surface area contributed by atoms with Gasteiger partial charge < -0.3 is 5.11 Å². The second-order valence-corrected chi connectivity index (χ2v) is 5.04. The van der Waals surface area contributed by atoms with Crippen molar-refractivity contribution < 1.29 is 18.3 Å². The predicted octanol–water partition coefficient (Wildman–Crippen LogP) is 3.33. The molecule has 0 radical (unpaired) electrons. The van der Waals surface area contributed by atoms with E-state index in [-0.39, 0.29) is 25.7 Å². The summed E-state index contributed by atoms with van der Waals surface area (Å²) < 4.78 is 37.7. The van der Waals surface area contributed by atoms with E-state index in [0.717, 1.165) is 5.69 Å². The molecule has 1 aromatic heterocycles. The number of aliphatic hydroxyl groups is 1. The molecule has 1 aliphatic rings. The third-order valence-corrected chi connectivity index (χ3v) is 3.72. The Morgan fingerprint density at radius 3 is 2.33 bits per heavy atom. The Bertz CT molecular complexity index is 405. The molecular formula is C13H16F3NO. The van der Waals surface area contributed by atoms with Crippen molar-refractivity contribution >= 4 is 0 Å². The van der Waals surface area contributed by atoms with Crippen molar-refractivity contribution in [1.29, 1.82) is 0 Å². The quantitative estimate of drug-likeness (QED) is 0.839. The van der Waals surface area contributed by atoms with Crippen LogP contribution in [0.3, 0.4) is 0 Å². The lowest BCUT2D eigenvalue weighted by Gasteiger charge is -2.36. The molecule has 0 atom stereocenters. The fourth-order valence-corrected chi connectivity index (χ4v) is 2.45. The zero-order valence-corrected chi connectivity index (χ0v) is 10.2. The highest BCUT2D eigenvalue weighted by molar-refractivity contribution is 5.21. The molecule has 1 fully saturated rings. The molecule has 5 heteroatoms. The van der Waals surface area contributed by atoms with Gasteiger partial charge in [-0.1, -0.05) is 6.07 Å². The molecule has 18 heavy (non-hydrogen) atoms. The van der Waals surface area contributed by atoms with Gasteiger partial charge >= 0.3 is 6.18 Å². The first-order valence-corrected chi connectivity index (χ1v) is 6.03. The molecule has 0 unspecified atom stereocenters. The maximum absolute atomic E-state index is 12.6. The summed E-state index contributed by atoms with van der Waals surface area (Å²) in [6.45, 7) is 1.83. The van der Waals surface area contributed by atoms with E-state index in [9.17, 15) is 18.3 Å². The Hall–Kier alpha value is -1.10. The highest BCUT2D eigenvalue weighted by Crippen LogP contribution is 2.44. The number of hydrogen-bond acceptors (Lipinski definition) is 2. The van der Waals surface area contributed by atoms with E-state index < -0.39 is 17.7 Å². The first kappa shape index (κ1) is 13.3.